The molecule has 87 heavy (non-hydrogen) atoms. The molecule has 1 saturated heterocycles. The number of carbonyl (C=O) groups excluding carboxylic acids is 10. The number of aromatic nitrogens is 2. The van der Waals surface area contributed by atoms with E-state index >= 15 is 0 Å². The van der Waals surface area contributed by atoms with Crippen LogP contribution in [0.25, 0.3) is 0 Å². The number of hydrogen-bond acceptors (Lipinski definition) is 18. The van der Waals surface area contributed by atoms with Crippen LogP contribution in [0.2, 0.25) is 0 Å². The zero-order valence-corrected chi connectivity index (χ0v) is 51.7. The first kappa shape index (κ1) is 73.9. The van der Waals surface area contributed by atoms with Crippen molar-refractivity contribution in [1.82, 2.24) is 68.0 Å². The number of likely N-dealkylation sites (tertiary alicyclic amines) is 1. The van der Waals surface area contributed by atoms with Crippen molar-refractivity contribution in [2.45, 2.75) is 178 Å². The number of phenolic OH excluding ortho intramolecular Hbond substituents is 1. The second-order valence-corrected chi connectivity index (χ2v) is 23.7. The van der Waals surface area contributed by atoms with Crippen molar-refractivity contribution >= 4 is 59.1 Å². The fourth-order valence-corrected chi connectivity index (χ4v) is 9.55. The van der Waals surface area contributed by atoms with Crippen molar-refractivity contribution in [3.63, 3.8) is 0 Å². The summed E-state index contributed by atoms with van der Waals surface area (Å²) in [6.45, 7) is 8.02. The van der Waals surface area contributed by atoms with Gasteiger partial charge >= 0.3 is 0 Å². The third-order valence-corrected chi connectivity index (χ3v) is 14.4. The number of nitrogens with zero attached hydrogens (tertiary/aromatic N) is 3. The maximum atomic E-state index is 14.8. The molecule has 2 aromatic rings. The van der Waals surface area contributed by atoms with Crippen LogP contribution >= 0.6 is 0 Å². The van der Waals surface area contributed by atoms with Gasteiger partial charge in [0.15, 0.2) is 0 Å². The molecule has 30 heteroatoms. The highest BCUT2D eigenvalue weighted by atomic mass is 16.3. The molecule has 30 nitrogen and oxygen atoms in total. The number of aromatic amines is 1. The predicted molar refractivity (Wildman–Crippen MR) is 323 cm³/mol. The summed E-state index contributed by atoms with van der Waals surface area (Å²) in [7, 11) is 6.04. The molecule has 0 spiro atoms. The number of nitrogens with two attached hydrogens (primary N) is 4. The Morgan fingerprint density at radius 3 is 1.86 bits per heavy atom. The Morgan fingerprint density at radius 2 is 1.26 bits per heavy atom. The molecule has 0 unspecified atom stereocenters. The molecule has 1 aliphatic heterocycles. The molecule has 1 aromatic carbocycles. The van der Waals surface area contributed by atoms with Crippen molar-refractivity contribution in [2.24, 2.45) is 28.9 Å². The molecule has 21 N–H and O–H groups in total. The molecule has 0 bridgehead atoms. The summed E-state index contributed by atoms with van der Waals surface area (Å²) in [6.07, 6.45) is 4.57. The third kappa shape index (κ3) is 27.5. The molecule has 0 radical (unpaired) electrons. The van der Waals surface area contributed by atoms with Gasteiger partial charge in [0.25, 0.3) is 0 Å². The summed E-state index contributed by atoms with van der Waals surface area (Å²) in [6, 6.07) is -3.25. The Kier molecular flexibility index (Phi) is 31.7. The van der Waals surface area contributed by atoms with Gasteiger partial charge in [0.2, 0.25) is 59.1 Å². The van der Waals surface area contributed by atoms with E-state index in [1.54, 1.807) is 45.0 Å². The summed E-state index contributed by atoms with van der Waals surface area (Å²) >= 11 is 0. The highest BCUT2D eigenvalue weighted by molar-refractivity contribution is 5.98. The summed E-state index contributed by atoms with van der Waals surface area (Å²) in [5, 5.41) is 46.5. The number of imidazole rings is 1. The van der Waals surface area contributed by atoms with Gasteiger partial charge in [0.05, 0.1) is 59.3 Å². The number of phenols is 1. The number of nitrogens with one attached hydrogen (secondary N) is 11. The van der Waals surface area contributed by atoms with E-state index in [4.69, 9.17) is 22.9 Å². The van der Waals surface area contributed by atoms with Gasteiger partial charge in [-0.2, -0.15) is 0 Å². The minimum absolute atomic E-state index is 0.0711. The minimum Gasteiger partial charge on any atom is -0.508 e. The normalized spacial score (nSPS) is 16.4. The molecule has 10 atom stereocenters. The van der Waals surface area contributed by atoms with Crippen molar-refractivity contribution in [2.75, 3.05) is 60.4 Å². The molecule has 10 amide bonds. The van der Waals surface area contributed by atoms with Crippen LogP contribution in [0.1, 0.15) is 110 Å². The lowest BCUT2D eigenvalue weighted by Gasteiger charge is -2.31. The second-order valence-electron chi connectivity index (χ2n) is 23.7. The van der Waals surface area contributed by atoms with Gasteiger partial charge in [0.1, 0.15) is 54.3 Å². The van der Waals surface area contributed by atoms with Gasteiger partial charge in [-0.1, -0.05) is 26.0 Å². The lowest BCUT2D eigenvalue weighted by Crippen LogP contribution is -2.60. The van der Waals surface area contributed by atoms with E-state index in [2.05, 4.69) is 63.1 Å². The van der Waals surface area contributed by atoms with Gasteiger partial charge in [-0.15, -0.1) is 0 Å². The van der Waals surface area contributed by atoms with E-state index in [1.807, 2.05) is 21.1 Å². The van der Waals surface area contributed by atoms with Crippen molar-refractivity contribution in [1.29, 1.82) is 0 Å². The van der Waals surface area contributed by atoms with E-state index in [0.717, 1.165) is 12.1 Å². The number of unbranched alkanes of at least 4 members (excludes halogenated alkanes) is 2. The number of hydrogen-bond donors (Lipinski definition) is 17. The first-order valence-electron chi connectivity index (χ1n) is 29.9. The van der Waals surface area contributed by atoms with Gasteiger partial charge in [-0.3, -0.25) is 53.3 Å². The van der Waals surface area contributed by atoms with Crippen LogP contribution in [0, 0.1) is 5.92 Å². The summed E-state index contributed by atoms with van der Waals surface area (Å²) in [5.74, 6) is -7.42. The van der Waals surface area contributed by atoms with E-state index in [-0.39, 0.29) is 57.0 Å². The molecule has 3 rings (SSSR count). The quantitative estimate of drug-likeness (QED) is 0.0170. The topological polar surface area (TPSA) is 467 Å². The Bertz CT molecular complexity index is 2530. The zero-order chi connectivity index (χ0) is 65.0. The number of aromatic hydroxyl groups is 1. The zero-order valence-electron chi connectivity index (χ0n) is 51.7. The lowest BCUT2D eigenvalue weighted by molar-refractivity contribution is -0.870. The average molecular weight is 1230 g/mol. The molecule has 0 saturated carbocycles. The number of quaternary nitrogens is 1. The van der Waals surface area contributed by atoms with Crippen LogP contribution in [0.4, 0.5) is 0 Å². The Balaban J connectivity index is 1.82. The fraction of sp³-hybridized carbons (Fsp3) is 0.667. The summed E-state index contributed by atoms with van der Waals surface area (Å²) < 4.78 is 0.629. The van der Waals surface area contributed by atoms with E-state index in [0.29, 0.717) is 61.7 Å². The van der Waals surface area contributed by atoms with Gasteiger partial charge in [-0.05, 0) is 128 Å². The Hall–Kier alpha value is -7.35. The molecule has 1 fully saturated rings. The van der Waals surface area contributed by atoms with Crippen molar-refractivity contribution in [3.8, 4) is 5.75 Å². The number of H-pyrrole nitrogens is 1. The van der Waals surface area contributed by atoms with E-state index in [9.17, 15) is 58.2 Å². The summed E-state index contributed by atoms with van der Waals surface area (Å²) in [4.78, 5) is 145. The number of benzene rings is 1. The third-order valence-electron chi connectivity index (χ3n) is 14.4. The highest BCUT2D eigenvalue weighted by Crippen LogP contribution is 2.21. The molecule has 1 aromatic heterocycles. The first-order valence-corrected chi connectivity index (χ1v) is 29.9. The van der Waals surface area contributed by atoms with Gasteiger partial charge in [-0.25, -0.2) is 4.98 Å². The summed E-state index contributed by atoms with van der Waals surface area (Å²) in [5.41, 5.74) is 24.1. The van der Waals surface area contributed by atoms with Gasteiger partial charge < -0.3 is 95.4 Å². The van der Waals surface area contributed by atoms with E-state index in [1.165, 1.54) is 31.3 Å². The number of amides is 10. The van der Waals surface area contributed by atoms with Crippen molar-refractivity contribution < 1.29 is 62.6 Å². The van der Waals surface area contributed by atoms with Crippen LogP contribution in [-0.4, -0.2) is 216 Å². The molecule has 1 aliphatic rings. The smallest absolute Gasteiger partial charge is 0.245 e. The number of aliphatic hydroxyl groups is 1. The molecule has 0 aliphatic carbocycles. The number of aliphatic hydroxyl groups excluding tert-OH is 1. The minimum atomic E-state index is -1.42. The Morgan fingerprint density at radius 1 is 0.667 bits per heavy atom. The maximum absolute atomic E-state index is 14.8. The van der Waals surface area contributed by atoms with Crippen LogP contribution in [0.3, 0.4) is 0 Å². The van der Waals surface area contributed by atoms with Crippen LogP contribution in [0.15, 0.2) is 36.8 Å². The van der Waals surface area contributed by atoms with Crippen LogP contribution in [-0.2, 0) is 60.8 Å². The molecule has 2 heterocycles. The van der Waals surface area contributed by atoms with Gasteiger partial charge in [0, 0.05) is 30.9 Å². The highest BCUT2D eigenvalue weighted by Gasteiger charge is 2.40. The monoisotopic (exact) mass is 1230 g/mol. The predicted octanol–water partition coefficient (Wildman–Crippen LogP) is -4.50. The number of carbonyl (C=O) groups is 10. The van der Waals surface area contributed by atoms with E-state index < -0.39 is 139 Å². The number of rotatable bonds is 39. The van der Waals surface area contributed by atoms with Crippen LogP contribution in [0.5, 0.6) is 5.75 Å². The Labute approximate surface area is 509 Å². The standard InChI is InChI=1S/C57H98N18O12/c1-33(2)47(72-46(79)31-64-45(78)30-65-54(85)48(36(5)76)73-49(80)35(4)59)55(86)69-40(15-10-12-26-75(6,7)8)51(82)70-42(16-9-11-23-58)56(87)74-25-14-18-44(74)53(84)71-43(28-38-29-62-32-66-38)52(83)68-41(17-13-24-63-57(60)61)50(81)67-34(3)27-37-19-21-39(77)22-20-37/h19-22,29,32-36,40-44,47-48,57,63,76H,9-18,23-28,30-31,58-61H2,1-8H3,(H10-,62,64,65,66,67,68,69,70,71,72,73,77,78,79,80,81,82,83,84,85,86)/p+1/t34-,35+,36-,40+,41+,42+,43+,44+,47+,48+/m1/s1. The SMILES string of the molecule is CC(C)[C@H](NC(=O)CNC(=O)CNC(=O)[C@@H](NC(=O)[C@H](C)N)[C@@H](C)O)C(=O)N[C@@H](CCCC[N+](C)(C)C)C(=O)N[C@@H](CCCCN)C(=O)N1CCC[C@H]1C(=O)N[C@@H](Cc1cnc[nH]1)C(=O)N[C@@H](CCCNC(N)N)C(=O)N[C@H](C)Cc1ccc(O)cc1. The first-order chi connectivity index (χ1) is 41.0. The maximum Gasteiger partial charge on any atom is 0.245 e. The second kappa shape index (κ2) is 37.4. The fourth-order valence-electron chi connectivity index (χ4n) is 9.55. The lowest BCUT2D eigenvalue weighted by atomic mass is 10.0. The average Bonchev–Trinajstić information content (AvgIpc) is 2.39. The largest absolute Gasteiger partial charge is 0.508 e. The molecule has 488 valence electrons. The molecular weight excluding hydrogens is 1130 g/mol. The molecular formula is C57H99N18O12+. The van der Waals surface area contributed by atoms with Crippen molar-refractivity contribution in [3.05, 3.63) is 48.0 Å². The van der Waals surface area contributed by atoms with Crippen LogP contribution < -0.4 is 76.1 Å².